The van der Waals surface area contributed by atoms with Crippen LogP contribution in [-0.2, 0) is 0 Å². The molecule has 1 aliphatic rings. The van der Waals surface area contributed by atoms with Gasteiger partial charge in [0.15, 0.2) is 11.5 Å². The summed E-state index contributed by atoms with van der Waals surface area (Å²) in [7, 11) is 0. The molecule has 0 saturated heterocycles. The van der Waals surface area contributed by atoms with Gasteiger partial charge in [-0.3, -0.25) is 10.8 Å². The van der Waals surface area contributed by atoms with Crippen molar-refractivity contribution in [2.24, 2.45) is 5.84 Å². The van der Waals surface area contributed by atoms with Crippen LogP contribution in [0.25, 0.3) is 0 Å². The molecule has 0 spiro atoms. The number of hydrogen-bond donors (Lipinski definition) is 2. The van der Waals surface area contributed by atoms with Gasteiger partial charge in [0.05, 0.1) is 6.04 Å². The predicted octanol–water partition coefficient (Wildman–Crippen LogP) is 1.71. The fourth-order valence-electron chi connectivity index (χ4n) is 2.36. The Morgan fingerprint density at radius 1 is 1.10 bits per heavy atom. The zero-order chi connectivity index (χ0) is 13.9. The van der Waals surface area contributed by atoms with Gasteiger partial charge >= 0.3 is 0 Å². The molecule has 0 fully saturated rings. The first-order chi connectivity index (χ1) is 9.78. The second-order valence-electron chi connectivity index (χ2n) is 4.80. The summed E-state index contributed by atoms with van der Waals surface area (Å²) in [5.41, 5.74) is 5.97. The first kappa shape index (κ1) is 12.9. The fourth-order valence-corrected chi connectivity index (χ4v) is 2.36. The number of aryl methyl sites for hydroxylation is 1. The van der Waals surface area contributed by atoms with E-state index >= 15 is 0 Å². The summed E-state index contributed by atoms with van der Waals surface area (Å²) >= 11 is 0. The van der Waals surface area contributed by atoms with Crippen LogP contribution in [0.1, 0.15) is 22.7 Å². The molecule has 1 aromatic carbocycles. The Morgan fingerprint density at radius 3 is 2.65 bits per heavy atom. The van der Waals surface area contributed by atoms with Gasteiger partial charge in [-0.2, -0.15) is 0 Å². The lowest BCUT2D eigenvalue weighted by Gasteiger charge is -2.22. The normalized spacial score (nSPS) is 14.9. The number of fused-ring (bicyclic) bond motifs is 1. The largest absolute Gasteiger partial charge is 0.486 e. The highest BCUT2D eigenvalue weighted by atomic mass is 16.6. The van der Waals surface area contributed by atoms with E-state index in [4.69, 9.17) is 15.3 Å². The highest BCUT2D eigenvalue weighted by Gasteiger charge is 2.17. The molecule has 1 atom stereocenters. The minimum absolute atomic E-state index is 0.127. The fraction of sp³-hybridized carbons (Fsp3) is 0.267. The number of aromatic nitrogens is 1. The SMILES string of the molecule is Cc1cncc(C(NN)c2ccc3c(c2)OCCO3)c1. The van der Waals surface area contributed by atoms with Crippen molar-refractivity contribution in [2.45, 2.75) is 13.0 Å². The molecule has 2 aromatic rings. The average Bonchev–Trinajstić information content (AvgIpc) is 2.48. The van der Waals surface area contributed by atoms with Gasteiger partial charge in [0.25, 0.3) is 0 Å². The van der Waals surface area contributed by atoms with E-state index in [-0.39, 0.29) is 6.04 Å². The lowest BCUT2D eigenvalue weighted by atomic mass is 9.99. The summed E-state index contributed by atoms with van der Waals surface area (Å²) in [6, 6.07) is 7.80. The second-order valence-corrected chi connectivity index (χ2v) is 4.80. The van der Waals surface area contributed by atoms with Crippen molar-refractivity contribution >= 4 is 0 Å². The zero-order valence-corrected chi connectivity index (χ0v) is 11.3. The van der Waals surface area contributed by atoms with Gasteiger partial charge in [-0.25, -0.2) is 5.43 Å². The minimum Gasteiger partial charge on any atom is -0.486 e. The molecule has 1 unspecified atom stereocenters. The summed E-state index contributed by atoms with van der Waals surface area (Å²) < 4.78 is 11.1. The van der Waals surface area contributed by atoms with Gasteiger partial charge < -0.3 is 9.47 Å². The summed E-state index contributed by atoms with van der Waals surface area (Å²) in [5, 5.41) is 0. The summed E-state index contributed by atoms with van der Waals surface area (Å²) in [6.45, 7) is 3.17. The zero-order valence-electron chi connectivity index (χ0n) is 11.3. The molecule has 0 bridgehead atoms. The van der Waals surface area contributed by atoms with Crippen molar-refractivity contribution in [3.63, 3.8) is 0 Å². The maximum atomic E-state index is 5.71. The molecule has 1 aliphatic heterocycles. The maximum absolute atomic E-state index is 5.71. The predicted molar refractivity (Wildman–Crippen MR) is 75.6 cm³/mol. The standard InChI is InChI=1S/C15H17N3O2/c1-10-6-12(9-17-8-10)15(18-16)11-2-3-13-14(7-11)20-5-4-19-13/h2-3,6-9,15,18H,4-5,16H2,1H3. The van der Waals surface area contributed by atoms with Gasteiger partial charge in [-0.05, 0) is 35.7 Å². The lowest BCUT2D eigenvalue weighted by molar-refractivity contribution is 0.171. The molecular weight excluding hydrogens is 254 g/mol. The van der Waals surface area contributed by atoms with Crippen LogP contribution in [0.5, 0.6) is 11.5 Å². The van der Waals surface area contributed by atoms with Crippen LogP contribution in [-0.4, -0.2) is 18.2 Å². The van der Waals surface area contributed by atoms with Crippen molar-refractivity contribution in [1.29, 1.82) is 0 Å². The Labute approximate surface area is 117 Å². The van der Waals surface area contributed by atoms with Crippen molar-refractivity contribution in [1.82, 2.24) is 10.4 Å². The number of rotatable bonds is 3. The molecule has 0 aliphatic carbocycles. The smallest absolute Gasteiger partial charge is 0.161 e. The topological polar surface area (TPSA) is 69.4 Å². The summed E-state index contributed by atoms with van der Waals surface area (Å²) in [4.78, 5) is 4.21. The lowest BCUT2D eigenvalue weighted by Crippen LogP contribution is -2.29. The van der Waals surface area contributed by atoms with E-state index in [1.54, 1.807) is 0 Å². The molecule has 104 valence electrons. The number of pyridine rings is 1. The van der Waals surface area contributed by atoms with Crippen LogP contribution in [0.2, 0.25) is 0 Å². The van der Waals surface area contributed by atoms with Gasteiger partial charge in [-0.15, -0.1) is 0 Å². The molecule has 2 heterocycles. The van der Waals surface area contributed by atoms with Crippen molar-refractivity contribution < 1.29 is 9.47 Å². The monoisotopic (exact) mass is 271 g/mol. The second kappa shape index (κ2) is 5.48. The van der Waals surface area contributed by atoms with E-state index in [1.807, 2.05) is 37.5 Å². The molecular formula is C15H17N3O2. The summed E-state index contributed by atoms with van der Waals surface area (Å²) in [6.07, 6.45) is 3.63. The van der Waals surface area contributed by atoms with Crippen LogP contribution in [0.4, 0.5) is 0 Å². The van der Waals surface area contributed by atoms with Gasteiger partial charge in [0.2, 0.25) is 0 Å². The Hall–Kier alpha value is -2.11. The number of hydrazine groups is 1. The molecule has 1 aromatic heterocycles. The Morgan fingerprint density at radius 2 is 1.90 bits per heavy atom. The number of nitrogens with two attached hydrogens (primary N) is 1. The number of nitrogens with zero attached hydrogens (tertiary/aromatic N) is 1. The van der Waals surface area contributed by atoms with E-state index < -0.39 is 0 Å². The number of ether oxygens (including phenoxy) is 2. The molecule has 3 rings (SSSR count). The highest BCUT2D eigenvalue weighted by molar-refractivity contribution is 5.46. The molecule has 0 saturated carbocycles. The summed E-state index contributed by atoms with van der Waals surface area (Å²) in [5.74, 6) is 7.25. The van der Waals surface area contributed by atoms with Gasteiger partial charge in [0.1, 0.15) is 13.2 Å². The van der Waals surface area contributed by atoms with Crippen LogP contribution in [0.15, 0.2) is 36.7 Å². The van der Waals surface area contributed by atoms with Crippen molar-refractivity contribution in [3.8, 4) is 11.5 Å². The average molecular weight is 271 g/mol. The maximum Gasteiger partial charge on any atom is 0.161 e. The number of nitrogens with one attached hydrogen (secondary N) is 1. The van der Waals surface area contributed by atoms with E-state index in [0.29, 0.717) is 13.2 Å². The van der Waals surface area contributed by atoms with Crippen molar-refractivity contribution in [3.05, 3.63) is 53.3 Å². The third kappa shape index (κ3) is 2.45. The third-order valence-corrected chi connectivity index (χ3v) is 3.30. The Kier molecular flexibility index (Phi) is 3.54. The van der Waals surface area contributed by atoms with E-state index in [9.17, 15) is 0 Å². The minimum atomic E-state index is -0.127. The van der Waals surface area contributed by atoms with E-state index in [2.05, 4.69) is 16.5 Å². The first-order valence-corrected chi connectivity index (χ1v) is 6.55. The third-order valence-electron chi connectivity index (χ3n) is 3.30. The Bertz CT molecular complexity index is 616. The quantitative estimate of drug-likeness (QED) is 0.657. The van der Waals surface area contributed by atoms with Gasteiger partial charge in [-0.1, -0.05) is 12.1 Å². The van der Waals surface area contributed by atoms with Crippen LogP contribution in [0, 0.1) is 6.92 Å². The van der Waals surface area contributed by atoms with Crippen LogP contribution >= 0.6 is 0 Å². The highest BCUT2D eigenvalue weighted by Crippen LogP contribution is 2.34. The number of hydrogen-bond acceptors (Lipinski definition) is 5. The van der Waals surface area contributed by atoms with Crippen LogP contribution in [0.3, 0.4) is 0 Å². The van der Waals surface area contributed by atoms with Gasteiger partial charge in [0, 0.05) is 12.4 Å². The van der Waals surface area contributed by atoms with Crippen LogP contribution < -0.4 is 20.7 Å². The Balaban J connectivity index is 1.97. The molecule has 20 heavy (non-hydrogen) atoms. The number of benzene rings is 1. The molecule has 0 radical (unpaired) electrons. The van der Waals surface area contributed by atoms with E-state index in [1.165, 1.54) is 0 Å². The molecule has 5 heteroatoms. The molecule has 0 amide bonds. The molecule has 5 nitrogen and oxygen atoms in total. The first-order valence-electron chi connectivity index (χ1n) is 6.55. The molecule has 3 N–H and O–H groups in total. The van der Waals surface area contributed by atoms with Crippen molar-refractivity contribution in [2.75, 3.05) is 13.2 Å². The van der Waals surface area contributed by atoms with E-state index in [0.717, 1.165) is 28.2 Å².